The van der Waals surface area contributed by atoms with Gasteiger partial charge in [0.2, 0.25) is 0 Å². The zero-order valence-corrected chi connectivity index (χ0v) is 11.9. The summed E-state index contributed by atoms with van der Waals surface area (Å²) in [5.74, 6) is 1.04. The first kappa shape index (κ1) is 14.1. The predicted octanol–water partition coefficient (Wildman–Crippen LogP) is 4.27. The third-order valence-electron chi connectivity index (χ3n) is 3.36. The van der Waals surface area contributed by atoms with Gasteiger partial charge >= 0.3 is 0 Å². The van der Waals surface area contributed by atoms with Crippen molar-refractivity contribution in [1.29, 1.82) is 0 Å². The Balaban J connectivity index is 2.25. The Hall–Kier alpha value is -1.32. The number of benzene rings is 1. The molecule has 102 valence electrons. The van der Waals surface area contributed by atoms with E-state index in [9.17, 15) is 9.50 Å². The Morgan fingerprint density at radius 3 is 2.47 bits per heavy atom. The summed E-state index contributed by atoms with van der Waals surface area (Å²) in [5.41, 5.74) is 2.43. The maximum absolute atomic E-state index is 13.4. The fraction of sp³-hybridized carbons (Fsp3) is 0.333. The van der Waals surface area contributed by atoms with Crippen molar-refractivity contribution in [2.75, 3.05) is 0 Å². The average molecular weight is 283 g/mol. The fourth-order valence-corrected chi connectivity index (χ4v) is 2.41. The molecule has 1 N–H and O–H groups in total. The van der Waals surface area contributed by atoms with Crippen LogP contribution in [0.4, 0.5) is 4.39 Å². The van der Waals surface area contributed by atoms with Gasteiger partial charge in [-0.05, 0) is 44.0 Å². The number of halogens is 2. The van der Waals surface area contributed by atoms with Crippen molar-refractivity contribution in [2.45, 2.75) is 33.3 Å². The molecule has 2 rings (SSSR count). The lowest BCUT2D eigenvalue weighted by molar-refractivity contribution is 0.175. The second-order valence-corrected chi connectivity index (χ2v) is 5.13. The standard InChI is InChI=1S/C15H16ClFO2/c1-8-9(2)19-10(3)15(8)14(18)7-11-4-5-12(16)13(17)6-11/h4-6,14,18H,7H2,1-3H3. The van der Waals surface area contributed by atoms with Gasteiger partial charge in [-0.2, -0.15) is 0 Å². The molecule has 19 heavy (non-hydrogen) atoms. The molecule has 1 heterocycles. The van der Waals surface area contributed by atoms with Gasteiger partial charge in [-0.1, -0.05) is 17.7 Å². The topological polar surface area (TPSA) is 33.4 Å². The van der Waals surface area contributed by atoms with Crippen LogP contribution in [-0.4, -0.2) is 5.11 Å². The van der Waals surface area contributed by atoms with Crippen LogP contribution in [-0.2, 0) is 6.42 Å². The smallest absolute Gasteiger partial charge is 0.142 e. The van der Waals surface area contributed by atoms with E-state index in [1.54, 1.807) is 6.07 Å². The molecule has 0 aliphatic carbocycles. The zero-order valence-electron chi connectivity index (χ0n) is 11.1. The molecule has 0 fully saturated rings. The fourth-order valence-electron chi connectivity index (χ4n) is 2.29. The normalized spacial score (nSPS) is 12.7. The molecule has 0 bridgehead atoms. The molecule has 0 saturated carbocycles. The van der Waals surface area contributed by atoms with Crippen molar-refractivity contribution in [3.8, 4) is 0 Å². The first-order valence-corrected chi connectivity index (χ1v) is 6.46. The van der Waals surface area contributed by atoms with Crippen molar-refractivity contribution >= 4 is 11.6 Å². The van der Waals surface area contributed by atoms with Crippen LogP contribution in [0.2, 0.25) is 5.02 Å². The molecule has 1 atom stereocenters. The maximum atomic E-state index is 13.4. The van der Waals surface area contributed by atoms with Gasteiger partial charge in [-0.15, -0.1) is 0 Å². The van der Waals surface area contributed by atoms with Gasteiger partial charge in [0.1, 0.15) is 17.3 Å². The minimum absolute atomic E-state index is 0.0877. The number of hydrogen-bond donors (Lipinski definition) is 1. The highest BCUT2D eigenvalue weighted by Crippen LogP contribution is 2.29. The van der Waals surface area contributed by atoms with E-state index in [-0.39, 0.29) is 5.02 Å². The first-order chi connectivity index (χ1) is 8.90. The molecular weight excluding hydrogens is 267 g/mol. The molecule has 1 unspecified atom stereocenters. The minimum Gasteiger partial charge on any atom is -0.466 e. The Morgan fingerprint density at radius 2 is 1.95 bits per heavy atom. The highest BCUT2D eigenvalue weighted by molar-refractivity contribution is 6.30. The van der Waals surface area contributed by atoms with Crippen molar-refractivity contribution < 1.29 is 13.9 Å². The van der Waals surface area contributed by atoms with Crippen LogP contribution in [0.15, 0.2) is 22.6 Å². The van der Waals surface area contributed by atoms with E-state index < -0.39 is 11.9 Å². The average Bonchev–Trinajstić information content (AvgIpc) is 2.58. The van der Waals surface area contributed by atoms with Crippen LogP contribution in [0.25, 0.3) is 0 Å². The van der Waals surface area contributed by atoms with Crippen LogP contribution in [0.1, 0.15) is 34.3 Å². The van der Waals surface area contributed by atoms with Gasteiger partial charge in [0.25, 0.3) is 0 Å². The van der Waals surface area contributed by atoms with Crippen LogP contribution < -0.4 is 0 Å². The number of aliphatic hydroxyl groups excluding tert-OH is 1. The summed E-state index contributed by atoms with van der Waals surface area (Å²) in [6, 6.07) is 4.56. The number of rotatable bonds is 3. The number of hydrogen-bond acceptors (Lipinski definition) is 2. The van der Waals surface area contributed by atoms with Crippen LogP contribution in [0.3, 0.4) is 0 Å². The molecule has 1 aromatic carbocycles. The maximum Gasteiger partial charge on any atom is 0.142 e. The Bertz CT molecular complexity index is 604. The van der Waals surface area contributed by atoms with Crippen LogP contribution >= 0.6 is 11.6 Å². The molecule has 0 amide bonds. The molecule has 0 saturated heterocycles. The van der Waals surface area contributed by atoms with Gasteiger partial charge < -0.3 is 9.52 Å². The lowest BCUT2D eigenvalue weighted by Crippen LogP contribution is -2.04. The van der Waals surface area contributed by atoms with Gasteiger partial charge in [0, 0.05) is 12.0 Å². The zero-order chi connectivity index (χ0) is 14.2. The van der Waals surface area contributed by atoms with Gasteiger partial charge in [0.15, 0.2) is 0 Å². The van der Waals surface area contributed by atoms with Gasteiger partial charge in [-0.3, -0.25) is 0 Å². The largest absolute Gasteiger partial charge is 0.466 e. The number of aliphatic hydroxyl groups is 1. The predicted molar refractivity (Wildman–Crippen MR) is 73.0 cm³/mol. The van der Waals surface area contributed by atoms with Gasteiger partial charge in [0.05, 0.1) is 11.1 Å². The monoisotopic (exact) mass is 282 g/mol. The summed E-state index contributed by atoms with van der Waals surface area (Å²) < 4.78 is 18.9. The summed E-state index contributed by atoms with van der Waals surface area (Å²) >= 11 is 5.64. The quantitative estimate of drug-likeness (QED) is 0.912. The molecule has 1 aromatic heterocycles. The van der Waals surface area contributed by atoms with Crippen molar-refractivity contribution in [2.24, 2.45) is 0 Å². The molecule has 2 aromatic rings. The van der Waals surface area contributed by atoms with E-state index in [4.69, 9.17) is 16.0 Å². The lowest BCUT2D eigenvalue weighted by atomic mass is 9.98. The molecule has 0 spiro atoms. The minimum atomic E-state index is -0.710. The third-order valence-corrected chi connectivity index (χ3v) is 3.67. The molecule has 0 aliphatic heterocycles. The highest BCUT2D eigenvalue weighted by atomic mass is 35.5. The summed E-state index contributed by atoms with van der Waals surface area (Å²) in [5, 5.41) is 10.4. The second-order valence-electron chi connectivity index (χ2n) is 4.72. The lowest BCUT2D eigenvalue weighted by Gasteiger charge is -2.11. The Morgan fingerprint density at radius 1 is 1.26 bits per heavy atom. The summed E-state index contributed by atoms with van der Waals surface area (Å²) in [4.78, 5) is 0. The number of aryl methyl sites for hydroxylation is 2. The Kier molecular flexibility index (Phi) is 3.97. The van der Waals surface area contributed by atoms with Crippen molar-refractivity contribution in [1.82, 2.24) is 0 Å². The van der Waals surface area contributed by atoms with E-state index in [0.29, 0.717) is 17.7 Å². The summed E-state index contributed by atoms with van der Waals surface area (Å²) in [6.45, 7) is 5.59. The van der Waals surface area contributed by atoms with Crippen molar-refractivity contribution in [3.63, 3.8) is 0 Å². The molecule has 0 aliphatic rings. The van der Waals surface area contributed by atoms with Crippen LogP contribution in [0.5, 0.6) is 0 Å². The van der Waals surface area contributed by atoms with E-state index in [1.165, 1.54) is 12.1 Å². The third kappa shape index (κ3) is 2.82. The van der Waals surface area contributed by atoms with Crippen LogP contribution in [0, 0.1) is 26.6 Å². The summed E-state index contributed by atoms with van der Waals surface area (Å²) in [7, 11) is 0. The number of furan rings is 1. The first-order valence-electron chi connectivity index (χ1n) is 6.08. The molecule has 2 nitrogen and oxygen atoms in total. The van der Waals surface area contributed by atoms with E-state index in [2.05, 4.69) is 0 Å². The molecule has 4 heteroatoms. The SMILES string of the molecule is Cc1oc(C)c(C(O)Cc2ccc(Cl)c(F)c2)c1C. The second kappa shape index (κ2) is 5.35. The molecule has 0 radical (unpaired) electrons. The molecular formula is C15H16ClFO2. The Labute approximate surface area is 116 Å². The van der Waals surface area contributed by atoms with Crippen molar-refractivity contribution in [3.05, 3.63) is 57.2 Å². The van der Waals surface area contributed by atoms with E-state index in [0.717, 1.165) is 16.9 Å². The van der Waals surface area contributed by atoms with E-state index in [1.807, 2.05) is 20.8 Å². The summed E-state index contributed by atoms with van der Waals surface area (Å²) in [6.07, 6.45) is -0.382. The van der Waals surface area contributed by atoms with Gasteiger partial charge in [-0.25, -0.2) is 4.39 Å². The van der Waals surface area contributed by atoms with E-state index >= 15 is 0 Å². The highest BCUT2D eigenvalue weighted by Gasteiger charge is 2.19.